The van der Waals surface area contributed by atoms with E-state index in [1.165, 1.54) is 24.1 Å². The van der Waals surface area contributed by atoms with Gasteiger partial charge in [0.05, 0.1) is 17.7 Å². The highest BCUT2D eigenvalue weighted by Crippen LogP contribution is 2.33. The molecule has 1 aliphatic heterocycles. The number of amides is 1. The number of nitrogens with zero attached hydrogens (tertiary/aromatic N) is 2. The number of aliphatic hydroxyl groups excluding tert-OH is 1. The molecule has 0 bridgehead atoms. The predicted molar refractivity (Wildman–Crippen MR) is 67.2 cm³/mol. The molecule has 19 heavy (non-hydrogen) atoms. The van der Waals surface area contributed by atoms with E-state index in [4.69, 9.17) is 9.84 Å². The van der Waals surface area contributed by atoms with Crippen LogP contribution in [0.25, 0.3) is 0 Å². The maximum absolute atomic E-state index is 11.8. The van der Waals surface area contributed by atoms with Crippen LogP contribution in [0, 0.1) is 16.0 Å². The topological polar surface area (TPSA) is 92.9 Å². The van der Waals surface area contributed by atoms with E-state index < -0.39 is 4.92 Å². The zero-order valence-electron chi connectivity index (χ0n) is 10.4. The molecule has 2 rings (SSSR count). The fourth-order valence-electron chi connectivity index (χ4n) is 2.14. The van der Waals surface area contributed by atoms with E-state index >= 15 is 0 Å². The number of rotatable bonds is 4. The summed E-state index contributed by atoms with van der Waals surface area (Å²) in [5, 5.41) is 20.0. The van der Waals surface area contributed by atoms with E-state index in [0.717, 1.165) is 0 Å². The Kier molecular flexibility index (Phi) is 3.66. The lowest BCUT2D eigenvalue weighted by Gasteiger charge is -2.16. The molecule has 1 fully saturated rings. The van der Waals surface area contributed by atoms with Gasteiger partial charge in [-0.2, -0.15) is 0 Å². The van der Waals surface area contributed by atoms with Crippen LogP contribution in [0.4, 0.5) is 11.4 Å². The van der Waals surface area contributed by atoms with Gasteiger partial charge in [-0.05, 0) is 12.1 Å². The van der Waals surface area contributed by atoms with Gasteiger partial charge in [0.25, 0.3) is 0 Å². The molecule has 0 saturated carbocycles. The third kappa shape index (κ3) is 2.50. The summed E-state index contributed by atoms with van der Waals surface area (Å²) in [4.78, 5) is 23.6. The monoisotopic (exact) mass is 266 g/mol. The Morgan fingerprint density at radius 3 is 2.84 bits per heavy atom. The Morgan fingerprint density at radius 2 is 2.32 bits per heavy atom. The highest BCUT2D eigenvalue weighted by atomic mass is 16.6. The first-order valence-corrected chi connectivity index (χ1v) is 5.80. The Balaban J connectivity index is 2.33. The van der Waals surface area contributed by atoms with E-state index in [0.29, 0.717) is 12.2 Å². The van der Waals surface area contributed by atoms with Crippen molar-refractivity contribution in [3.05, 3.63) is 28.3 Å². The first-order valence-electron chi connectivity index (χ1n) is 5.80. The molecule has 0 aliphatic carbocycles. The largest absolute Gasteiger partial charge is 0.490 e. The highest BCUT2D eigenvalue weighted by molar-refractivity contribution is 5.96. The standard InChI is InChI=1S/C12H14N2O5/c1-19-11-3-2-9(5-10(11)14(17)18)13-6-8(7-15)4-12(13)16/h2-3,5,8,15H,4,6-7H2,1H3/t8-/m0/s1. The molecule has 1 aromatic carbocycles. The van der Waals surface area contributed by atoms with Gasteiger partial charge in [0.2, 0.25) is 5.91 Å². The number of carbonyl (C=O) groups excluding carboxylic acids is 1. The van der Waals surface area contributed by atoms with Gasteiger partial charge >= 0.3 is 5.69 Å². The van der Waals surface area contributed by atoms with Crippen molar-refractivity contribution in [2.45, 2.75) is 6.42 Å². The van der Waals surface area contributed by atoms with Crippen LogP contribution in [0.2, 0.25) is 0 Å². The maximum atomic E-state index is 11.8. The van der Waals surface area contributed by atoms with Gasteiger partial charge in [0.15, 0.2) is 5.75 Å². The van der Waals surface area contributed by atoms with Gasteiger partial charge in [-0.1, -0.05) is 0 Å². The number of anilines is 1. The molecular formula is C12H14N2O5. The fraction of sp³-hybridized carbons (Fsp3) is 0.417. The summed E-state index contributed by atoms with van der Waals surface area (Å²) < 4.78 is 4.91. The summed E-state index contributed by atoms with van der Waals surface area (Å²) in [6, 6.07) is 4.38. The molecule has 1 atom stereocenters. The number of nitro groups is 1. The molecule has 1 saturated heterocycles. The van der Waals surface area contributed by atoms with Gasteiger partial charge < -0.3 is 14.7 Å². The molecule has 1 N–H and O–H groups in total. The molecule has 0 radical (unpaired) electrons. The maximum Gasteiger partial charge on any atom is 0.312 e. The first kappa shape index (κ1) is 13.3. The molecule has 0 spiro atoms. The Bertz CT molecular complexity index is 517. The van der Waals surface area contributed by atoms with Crippen molar-refractivity contribution in [2.24, 2.45) is 5.92 Å². The lowest BCUT2D eigenvalue weighted by molar-refractivity contribution is -0.385. The minimum absolute atomic E-state index is 0.0690. The summed E-state index contributed by atoms with van der Waals surface area (Å²) in [5.41, 5.74) is 0.272. The second kappa shape index (κ2) is 5.23. The van der Waals surface area contributed by atoms with Crippen LogP contribution in [-0.4, -0.2) is 36.2 Å². The van der Waals surface area contributed by atoms with Crippen molar-refractivity contribution in [1.29, 1.82) is 0 Å². The molecule has 1 amide bonds. The quantitative estimate of drug-likeness (QED) is 0.647. The fourth-order valence-corrected chi connectivity index (χ4v) is 2.14. The third-order valence-electron chi connectivity index (χ3n) is 3.13. The van der Waals surface area contributed by atoms with E-state index in [1.807, 2.05) is 0 Å². The normalized spacial score (nSPS) is 18.7. The number of methoxy groups -OCH3 is 1. The molecule has 7 nitrogen and oxygen atoms in total. The molecule has 7 heteroatoms. The number of carbonyl (C=O) groups is 1. The minimum atomic E-state index is -0.549. The number of hydrogen-bond donors (Lipinski definition) is 1. The van der Waals surface area contributed by atoms with Crippen molar-refractivity contribution < 1.29 is 19.6 Å². The van der Waals surface area contributed by atoms with E-state index in [2.05, 4.69) is 0 Å². The number of nitro benzene ring substituents is 1. The van der Waals surface area contributed by atoms with Crippen molar-refractivity contribution >= 4 is 17.3 Å². The zero-order chi connectivity index (χ0) is 14.0. The number of aliphatic hydroxyl groups is 1. The number of ether oxygens (including phenoxy) is 1. The lowest BCUT2D eigenvalue weighted by Crippen LogP contribution is -2.24. The van der Waals surface area contributed by atoms with E-state index in [9.17, 15) is 14.9 Å². The van der Waals surface area contributed by atoms with Crippen molar-refractivity contribution in [3.63, 3.8) is 0 Å². The van der Waals surface area contributed by atoms with Gasteiger partial charge in [0, 0.05) is 31.6 Å². The van der Waals surface area contributed by atoms with Crippen molar-refractivity contribution in [3.8, 4) is 5.75 Å². The summed E-state index contributed by atoms with van der Waals surface area (Å²) in [7, 11) is 1.35. The average molecular weight is 266 g/mol. The predicted octanol–water partition coefficient (Wildman–Crippen LogP) is 0.949. The van der Waals surface area contributed by atoms with Crippen LogP contribution < -0.4 is 9.64 Å². The van der Waals surface area contributed by atoms with Gasteiger partial charge in [-0.3, -0.25) is 14.9 Å². The Hall–Kier alpha value is -2.15. The average Bonchev–Trinajstić information content (AvgIpc) is 2.79. The molecule has 102 valence electrons. The van der Waals surface area contributed by atoms with E-state index in [-0.39, 0.29) is 36.3 Å². The van der Waals surface area contributed by atoms with Gasteiger partial charge in [0.1, 0.15) is 0 Å². The lowest BCUT2D eigenvalue weighted by atomic mass is 10.1. The molecule has 1 heterocycles. The summed E-state index contributed by atoms with van der Waals surface area (Å²) in [5.74, 6) is -0.105. The van der Waals surface area contributed by atoms with E-state index in [1.54, 1.807) is 6.07 Å². The second-order valence-corrected chi connectivity index (χ2v) is 4.37. The third-order valence-corrected chi connectivity index (χ3v) is 3.13. The molecular weight excluding hydrogens is 252 g/mol. The van der Waals surface area contributed by atoms with Gasteiger partial charge in [-0.15, -0.1) is 0 Å². The summed E-state index contributed by atoms with van der Waals surface area (Å²) in [6.07, 6.45) is 0.260. The SMILES string of the molecule is COc1ccc(N2C[C@@H](CO)CC2=O)cc1[N+](=O)[O-]. The van der Waals surface area contributed by atoms with Crippen LogP contribution in [-0.2, 0) is 4.79 Å². The minimum Gasteiger partial charge on any atom is -0.490 e. The van der Waals surface area contributed by atoms with Crippen molar-refractivity contribution in [2.75, 3.05) is 25.2 Å². The van der Waals surface area contributed by atoms with Crippen LogP contribution in [0.15, 0.2) is 18.2 Å². The first-order chi connectivity index (χ1) is 9.06. The Morgan fingerprint density at radius 1 is 1.58 bits per heavy atom. The summed E-state index contributed by atoms with van der Waals surface area (Å²) >= 11 is 0. The number of benzene rings is 1. The van der Waals surface area contributed by atoms with Crippen LogP contribution in [0.5, 0.6) is 5.75 Å². The van der Waals surface area contributed by atoms with Crippen LogP contribution >= 0.6 is 0 Å². The zero-order valence-corrected chi connectivity index (χ0v) is 10.4. The second-order valence-electron chi connectivity index (χ2n) is 4.37. The van der Waals surface area contributed by atoms with Crippen LogP contribution in [0.1, 0.15) is 6.42 Å². The summed E-state index contributed by atoms with van der Waals surface area (Å²) in [6.45, 7) is 0.305. The van der Waals surface area contributed by atoms with Crippen LogP contribution in [0.3, 0.4) is 0 Å². The van der Waals surface area contributed by atoms with Gasteiger partial charge in [-0.25, -0.2) is 0 Å². The molecule has 1 aliphatic rings. The smallest absolute Gasteiger partial charge is 0.312 e. The number of hydrogen-bond acceptors (Lipinski definition) is 5. The highest BCUT2D eigenvalue weighted by Gasteiger charge is 2.31. The van der Waals surface area contributed by atoms with Crippen molar-refractivity contribution in [1.82, 2.24) is 0 Å². The molecule has 0 aromatic heterocycles. The Labute approximate surface area is 109 Å². The molecule has 0 unspecified atom stereocenters. The molecule has 1 aromatic rings.